The van der Waals surface area contributed by atoms with Gasteiger partial charge in [-0.05, 0) is 25.2 Å². The molecular weight excluding hydrogens is 322 g/mol. The van der Waals surface area contributed by atoms with Gasteiger partial charge in [-0.25, -0.2) is 0 Å². The van der Waals surface area contributed by atoms with E-state index in [-0.39, 0.29) is 13.1 Å². The first-order chi connectivity index (χ1) is 10.8. The maximum Gasteiger partial charge on any atom is 0.307 e. The van der Waals surface area contributed by atoms with Gasteiger partial charge < -0.3 is 9.63 Å². The van der Waals surface area contributed by atoms with E-state index in [1.807, 2.05) is 0 Å². The van der Waals surface area contributed by atoms with Crippen LogP contribution in [0.3, 0.4) is 0 Å². The lowest BCUT2D eigenvalue weighted by Gasteiger charge is -2.29. The lowest BCUT2D eigenvalue weighted by Crippen LogP contribution is -2.47. The highest BCUT2D eigenvalue weighted by molar-refractivity contribution is 7.87. The zero-order valence-electron chi connectivity index (χ0n) is 13.4. The molecule has 0 aromatic carbocycles. The first-order valence-electron chi connectivity index (χ1n) is 7.70. The van der Waals surface area contributed by atoms with Crippen LogP contribution < -0.4 is 4.72 Å². The van der Waals surface area contributed by atoms with Crippen LogP contribution in [0.15, 0.2) is 10.6 Å². The minimum Gasteiger partial charge on any atom is -0.481 e. The van der Waals surface area contributed by atoms with E-state index in [1.54, 1.807) is 6.07 Å². The second kappa shape index (κ2) is 7.41. The van der Waals surface area contributed by atoms with E-state index in [1.165, 1.54) is 4.31 Å². The summed E-state index contributed by atoms with van der Waals surface area (Å²) in [5.74, 6) is -0.733. The van der Waals surface area contributed by atoms with Gasteiger partial charge in [0, 0.05) is 19.2 Å². The summed E-state index contributed by atoms with van der Waals surface area (Å²) in [5, 5.41) is 12.9. The van der Waals surface area contributed by atoms with Crippen LogP contribution >= 0.6 is 0 Å². The van der Waals surface area contributed by atoms with Gasteiger partial charge in [0.15, 0.2) is 5.76 Å². The summed E-state index contributed by atoms with van der Waals surface area (Å²) in [4.78, 5) is 11.0. The summed E-state index contributed by atoms with van der Waals surface area (Å²) < 4.78 is 33.3. The maximum atomic E-state index is 12.3. The van der Waals surface area contributed by atoms with Crippen molar-refractivity contribution in [3.05, 3.63) is 17.5 Å². The number of hydrogen-bond acceptors (Lipinski definition) is 5. The van der Waals surface area contributed by atoms with Crippen molar-refractivity contribution in [3.63, 3.8) is 0 Å². The Balaban J connectivity index is 1.93. The quantitative estimate of drug-likeness (QED) is 0.762. The van der Waals surface area contributed by atoms with Crippen LogP contribution in [0, 0.1) is 11.8 Å². The standard InChI is InChI=1S/C14H23N3O5S/c1-10(2)6-12-7-13(22-16-12)8-15-23(20,21)17-5-3-4-11(9-17)14(18)19/h7,10-11,15H,3-6,8-9H2,1-2H3,(H,18,19)/t11-/m0/s1. The monoisotopic (exact) mass is 345 g/mol. The van der Waals surface area contributed by atoms with Crippen molar-refractivity contribution in [1.82, 2.24) is 14.2 Å². The van der Waals surface area contributed by atoms with Gasteiger partial charge in [0.2, 0.25) is 0 Å². The summed E-state index contributed by atoms with van der Waals surface area (Å²) in [6.45, 7) is 4.45. The predicted molar refractivity (Wildman–Crippen MR) is 82.7 cm³/mol. The summed E-state index contributed by atoms with van der Waals surface area (Å²) in [5.41, 5.74) is 0.790. The number of rotatable bonds is 7. The van der Waals surface area contributed by atoms with Gasteiger partial charge in [-0.15, -0.1) is 0 Å². The molecule has 130 valence electrons. The average Bonchev–Trinajstić information content (AvgIpc) is 2.92. The number of carbonyl (C=O) groups is 1. The lowest BCUT2D eigenvalue weighted by atomic mass is 10.0. The summed E-state index contributed by atoms with van der Waals surface area (Å²) in [7, 11) is -3.73. The SMILES string of the molecule is CC(C)Cc1cc(CNS(=O)(=O)N2CCC[C@H](C(=O)O)C2)on1. The zero-order chi connectivity index (χ0) is 17.0. The smallest absolute Gasteiger partial charge is 0.307 e. The highest BCUT2D eigenvalue weighted by Gasteiger charge is 2.32. The molecule has 23 heavy (non-hydrogen) atoms. The fourth-order valence-corrected chi connectivity index (χ4v) is 3.82. The van der Waals surface area contributed by atoms with Gasteiger partial charge in [0.25, 0.3) is 10.2 Å². The lowest BCUT2D eigenvalue weighted by molar-refractivity contribution is -0.142. The highest BCUT2D eigenvalue weighted by atomic mass is 32.2. The third-order valence-electron chi connectivity index (χ3n) is 3.73. The van der Waals surface area contributed by atoms with Crippen LogP contribution in [-0.2, 0) is 28.0 Å². The molecule has 1 saturated heterocycles. The molecule has 2 rings (SSSR count). The number of hydrogen-bond donors (Lipinski definition) is 2. The number of carboxylic acid groups (broad SMARTS) is 1. The molecule has 1 aromatic rings. The van der Waals surface area contributed by atoms with Crippen LogP contribution in [0.2, 0.25) is 0 Å². The Bertz CT molecular complexity index is 641. The molecule has 1 aliphatic rings. The van der Waals surface area contributed by atoms with Crippen LogP contribution in [0.25, 0.3) is 0 Å². The number of aromatic nitrogens is 1. The third kappa shape index (κ3) is 5.02. The van der Waals surface area contributed by atoms with E-state index in [9.17, 15) is 13.2 Å². The van der Waals surface area contributed by atoms with Crippen molar-refractivity contribution < 1.29 is 22.8 Å². The summed E-state index contributed by atoms with van der Waals surface area (Å²) in [6.07, 6.45) is 1.81. The molecular formula is C14H23N3O5S. The van der Waals surface area contributed by atoms with Gasteiger partial charge in [-0.3, -0.25) is 4.79 Å². The van der Waals surface area contributed by atoms with Gasteiger partial charge in [0.1, 0.15) is 0 Å². The predicted octanol–water partition coefficient (Wildman–Crippen LogP) is 1.00. The third-order valence-corrected chi connectivity index (χ3v) is 5.25. The van der Waals surface area contributed by atoms with Crippen LogP contribution in [0.1, 0.15) is 38.1 Å². The number of piperidine rings is 1. The fourth-order valence-electron chi connectivity index (χ4n) is 2.57. The summed E-state index contributed by atoms with van der Waals surface area (Å²) in [6, 6.07) is 1.73. The molecule has 1 aromatic heterocycles. The van der Waals surface area contributed by atoms with Gasteiger partial charge in [-0.2, -0.15) is 17.4 Å². The van der Waals surface area contributed by atoms with Crippen molar-refractivity contribution in [2.24, 2.45) is 11.8 Å². The topological polar surface area (TPSA) is 113 Å². The molecule has 0 saturated carbocycles. The molecule has 0 spiro atoms. The minimum absolute atomic E-state index is 0.000327. The van der Waals surface area contributed by atoms with E-state index in [0.29, 0.717) is 31.1 Å². The van der Waals surface area contributed by atoms with E-state index in [2.05, 4.69) is 23.7 Å². The number of aliphatic carboxylic acids is 1. The van der Waals surface area contributed by atoms with Crippen LogP contribution in [0.4, 0.5) is 0 Å². The van der Waals surface area contributed by atoms with Crippen molar-refractivity contribution in [3.8, 4) is 0 Å². The molecule has 0 unspecified atom stereocenters. The largest absolute Gasteiger partial charge is 0.481 e. The average molecular weight is 345 g/mol. The van der Waals surface area contributed by atoms with E-state index >= 15 is 0 Å². The Hall–Kier alpha value is -1.45. The van der Waals surface area contributed by atoms with Gasteiger partial charge in [0.05, 0.1) is 18.2 Å². The van der Waals surface area contributed by atoms with Crippen molar-refractivity contribution >= 4 is 16.2 Å². The number of nitrogens with zero attached hydrogens (tertiary/aromatic N) is 2. The Morgan fingerprint density at radius 2 is 2.30 bits per heavy atom. The van der Waals surface area contributed by atoms with Crippen molar-refractivity contribution in [1.29, 1.82) is 0 Å². The molecule has 2 heterocycles. The van der Waals surface area contributed by atoms with Crippen molar-refractivity contribution in [2.45, 2.75) is 39.7 Å². The molecule has 1 fully saturated rings. The molecule has 1 atom stereocenters. The zero-order valence-corrected chi connectivity index (χ0v) is 14.2. The van der Waals surface area contributed by atoms with Crippen LogP contribution in [-0.4, -0.2) is 42.0 Å². The van der Waals surface area contributed by atoms with Crippen molar-refractivity contribution in [2.75, 3.05) is 13.1 Å². The molecule has 1 aliphatic heterocycles. The molecule has 0 amide bonds. The first-order valence-corrected chi connectivity index (χ1v) is 9.14. The maximum absolute atomic E-state index is 12.3. The van der Waals surface area contributed by atoms with E-state index < -0.39 is 22.1 Å². The molecule has 9 heteroatoms. The minimum atomic E-state index is -3.73. The highest BCUT2D eigenvalue weighted by Crippen LogP contribution is 2.19. The fraction of sp³-hybridized carbons (Fsp3) is 0.714. The second-order valence-electron chi connectivity index (χ2n) is 6.24. The molecule has 0 bridgehead atoms. The Morgan fingerprint density at radius 1 is 1.57 bits per heavy atom. The normalized spacial score (nSPS) is 20.0. The molecule has 2 N–H and O–H groups in total. The number of carboxylic acids is 1. The van der Waals surface area contributed by atoms with E-state index in [0.717, 1.165) is 12.1 Å². The van der Waals surface area contributed by atoms with Gasteiger partial charge >= 0.3 is 5.97 Å². The molecule has 8 nitrogen and oxygen atoms in total. The molecule has 0 radical (unpaired) electrons. The van der Waals surface area contributed by atoms with Crippen LogP contribution in [0.5, 0.6) is 0 Å². The Kier molecular flexibility index (Phi) is 5.77. The Labute approximate surface area is 136 Å². The first kappa shape index (κ1) is 17.9. The number of nitrogens with one attached hydrogen (secondary N) is 1. The second-order valence-corrected chi connectivity index (χ2v) is 8.00. The summed E-state index contributed by atoms with van der Waals surface area (Å²) >= 11 is 0. The Morgan fingerprint density at radius 3 is 2.96 bits per heavy atom. The van der Waals surface area contributed by atoms with Gasteiger partial charge in [-0.1, -0.05) is 19.0 Å². The van der Waals surface area contributed by atoms with E-state index in [4.69, 9.17) is 9.63 Å². The molecule has 0 aliphatic carbocycles.